The standard InChI is InChI=1S/C13H14Cl2N4O4S/c1-22-9-5-4-8(10(11(9)23-2)19-24(3,20)21)17-12-7(14)6-16-13(15)18-12/h4-6,19H,1-3H3,(H,16,17,18). The molecule has 0 saturated heterocycles. The van der Waals surface area contributed by atoms with E-state index in [0.29, 0.717) is 11.4 Å². The molecule has 1 aromatic carbocycles. The van der Waals surface area contributed by atoms with E-state index in [4.69, 9.17) is 32.7 Å². The predicted octanol–water partition coefficient (Wildman–Crippen LogP) is 2.92. The fourth-order valence-corrected chi connectivity index (χ4v) is 2.72. The van der Waals surface area contributed by atoms with Gasteiger partial charge in [-0.25, -0.2) is 13.4 Å². The minimum absolute atomic E-state index is 0.0139. The van der Waals surface area contributed by atoms with E-state index in [0.717, 1.165) is 6.26 Å². The molecule has 2 aromatic rings. The van der Waals surface area contributed by atoms with Crippen molar-refractivity contribution in [3.05, 3.63) is 28.6 Å². The number of anilines is 3. The van der Waals surface area contributed by atoms with Crippen LogP contribution in [0.2, 0.25) is 10.3 Å². The zero-order valence-corrected chi connectivity index (χ0v) is 15.3. The Morgan fingerprint density at radius 3 is 2.46 bits per heavy atom. The van der Waals surface area contributed by atoms with Gasteiger partial charge in [0.2, 0.25) is 15.3 Å². The Bertz CT molecular complexity index is 861. The smallest absolute Gasteiger partial charge is 0.230 e. The number of sulfonamides is 1. The summed E-state index contributed by atoms with van der Waals surface area (Å²) in [6, 6.07) is 3.19. The summed E-state index contributed by atoms with van der Waals surface area (Å²) in [7, 11) is -0.752. The van der Waals surface area contributed by atoms with E-state index in [9.17, 15) is 8.42 Å². The second-order valence-electron chi connectivity index (χ2n) is 4.56. The molecule has 2 N–H and O–H groups in total. The Labute approximate surface area is 149 Å². The number of nitrogens with one attached hydrogen (secondary N) is 2. The average molecular weight is 393 g/mol. The Morgan fingerprint density at radius 1 is 1.17 bits per heavy atom. The number of nitrogens with zero attached hydrogens (tertiary/aromatic N) is 2. The molecule has 0 unspecified atom stereocenters. The summed E-state index contributed by atoms with van der Waals surface area (Å²) in [6.45, 7) is 0. The molecule has 2 rings (SSSR count). The van der Waals surface area contributed by atoms with Gasteiger partial charge in [0.15, 0.2) is 17.3 Å². The minimum Gasteiger partial charge on any atom is -0.493 e. The minimum atomic E-state index is -3.59. The summed E-state index contributed by atoms with van der Waals surface area (Å²) in [4.78, 5) is 7.72. The van der Waals surface area contributed by atoms with Crippen molar-refractivity contribution in [2.75, 3.05) is 30.5 Å². The highest BCUT2D eigenvalue weighted by atomic mass is 35.5. The predicted molar refractivity (Wildman–Crippen MR) is 93.3 cm³/mol. The first-order valence-corrected chi connectivity index (χ1v) is 9.07. The largest absolute Gasteiger partial charge is 0.493 e. The van der Waals surface area contributed by atoms with Gasteiger partial charge in [-0.3, -0.25) is 4.72 Å². The van der Waals surface area contributed by atoms with E-state index >= 15 is 0 Å². The average Bonchev–Trinajstić information content (AvgIpc) is 2.50. The van der Waals surface area contributed by atoms with Crippen LogP contribution in [0.4, 0.5) is 17.2 Å². The fraction of sp³-hybridized carbons (Fsp3) is 0.231. The molecule has 0 atom stereocenters. The molecule has 0 aliphatic heterocycles. The van der Waals surface area contributed by atoms with Crippen LogP contribution < -0.4 is 19.5 Å². The number of hydrogen-bond acceptors (Lipinski definition) is 7. The highest BCUT2D eigenvalue weighted by Gasteiger charge is 2.19. The molecule has 0 saturated carbocycles. The molecule has 1 aromatic heterocycles. The van der Waals surface area contributed by atoms with Crippen LogP contribution in [0.3, 0.4) is 0 Å². The van der Waals surface area contributed by atoms with Crippen LogP contribution in [0.5, 0.6) is 11.5 Å². The number of methoxy groups -OCH3 is 2. The zero-order valence-electron chi connectivity index (χ0n) is 12.9. The number of halogens is 2. The number of hydrogen-bond donors (Lipinski definition) is 2. The van der Waals surface area contributed by atoms with Crippen molar-refractivity contribution in [2.24, 2.45) is 0 Å². The highest BCUT2D eigenvalue weighted by molar-refractivity contribution is 7.92. The molecule has 11 heteroatoms. The second kappa shape index (κ2) is 7.29. The number of rotatable bonds is 6. The van der Waals surface area contributed by atoms with Crippen LogP contribution in [-0.2, 0) is 10.0 Å². The first-order chi connectivity index (χ1) is 11.2. The number of aromatic nitrogens is 2. The van der Waals surface area contributed by atoms with Gasteiger partial charge in [-0.15, -0.1) is 0 Å². The maximum atomic E-state index is 11.7. The van der Waals surface area contributed by atoms with E-state index in [-0.39, 0.29) is 27.6 Å². The lowest BCUT2D eigenvalue weighted by molar-refractivity contribution is 0.356. The molecule has 0 bridgehead atoms. The monoisotopic (exact) mass is 392 g/mol. The van der Waals surface area contributed by atoms with Gasteiger partial charge >= 0.3 is 0 Å². The van der Waals surface area contributed by atoms with E-state index in [2.05, 4.69) is 20.0 Å². The van der Waals surface area contributed by atoms with Gasteiger partial charge in [0.1, 0.15) is 10.7 Å². The van der Waals surface area contributed by atoms with Gasteiger partial charge in [0.05, 0.1) is 32.4 Å². The Morgan fingerprint density at radius 2 is 1.88 bits per heavy atom. The van der Waals surface area contributed by atoms with Crippen molar-refractivity contribution in [2.45, 2.75) is 0 Å². The molecule has 0 radical (unpaired) electrons. The van der Waals surface area contributed by atoms with E-state index in [1.807, 2.05) is 0 Å². The zero-order chi connectivity index (χ0) is 17.9. The third kappa shape index (κ3) is 4.31. The molecule has 1 heterocycles. The van der Waals surface area contributed by atoms with Crippen molar-refractivity contribution in [1.29, 1.82) is 0 Å². The van der Waals surface area contributed by atoms with Crippen molar-refractivity contribution in [3.63, 3.8) is 0 Å². The Kier molecular flexibility index (Phi) is 5.58. The first kappa shape index (κ1) is 18.4. The molecule has 8 nitrogen and oxygen atoms in total. The summed E-state index contributed by atoms with van der Waals surface area (Å²) in [5, 5.41) is 3.09. The number of benzene rings is 1. The molecule has 0 amide bonds. The normalized spacial score (nSPS) is 11.0. The molecule has 0 aliphatic carbocycles. The van der Waals surface area contributed by atoms with Crippen molar-refractivity contribution in [3.8, 4) is 11.5 Å². The third-order valence-corrected chi connectivity index (χ3v) is 3.83. The van der Waals surface area contributed by atoms with Gasteiger partial charge in [-0.05, 0) is 23.7 Å². The van der Waals surface area contributed by atoms with E-state index in [1.165, 1.54) is 20.4 Å². The van der Waals surface area contributed by atoms with Gasteiger partial charge in [-0.1, -0.05) is 11.6 Å². The summed E-state index contributed by atoms with van der Waals surface area (Å²) in [5.74, 6) is 0.755. The molecule has 0 spiro atoms. The summed E-state index contributed by atoms with van der Waals surface area (Å²) < 4.78 is 36.2. The summed E-state index contributed by atoms with van der Waals surface area (Å²) >= 11 is 11.8. The second-order valence-corrected chi connectivity index (χ2v) is 7.05. The molecule has 130 valence electrons. The summed E-state index contributed by atoms with van der Waals surface area (Å²) in [5.41, 5.74) is 0.486. The van der Waals surface area contributed by atoms with Gasteiger partial charge < -0.3 is 14.8 Å². The first-order valence-electron chi connectivity index (χ1n) is 6.43. The molecular weight excluding hydrogens is 379 g/mol. The van der Waals surface area contributed by atoms with Crippen molar-refractivity contribution >= 4 is 50.4 Å². The van der Waals surface area contributed by atoms with E-state index in [1.54, 1.807) is 12.1 Å². The molecule has 24 heavy (non-hydrogen) atoms. The lowest BCUT2D eigenvalue weighted by Crippen LogP contribution is -2.13. The van der Waals surface area contributed by atoms with Crippen molar-refractivity contribution in [1.82, 2.24) is 9.97 Å². The number of ether oxygens (including phenoxy) is 2. The van der Waals surface area contributed by atoms with Crippen LogP contribution in [-0.4, -0.2) is 38.9 Å². The Hall–Kier alpha value is -1.97. The lowest BCUT2D eigenvalue weighted by atomic mass is 10.2. The lowest BCUT2D eigenvalue weighted by Gasteiger charge is -2.18. The van der Waals surface area contributed by atoms with Gasteiger partial charge in [0.25, 0.3) is 0 Å². The maximum Gasteiger partial charge on any atom is 0.230 e. The quantitative estimate of drug-likeness (QED) is 0.728. The maximum absolute atomic E-state index is 11.7. The third-order valence-electron chi connectivity index (χ3n) is 2.80. The topological polar surface area (TPSA) is 102 Å². The van der Waals surface area contributed by atoms with Crippen LogP contribution >= 0.6 is 23.2 Å². The molecule has 0 aliphatic rings. The fourth-order valence-electron chi connectivity index (χ4n) is 1.88. The van der Waals surface area contributed by atoms with Crippen LogP contribution in [0, 0.1) is 0 Å². The van der Waals surface area contributed by atoms with E-state index < -0.39 is 10.0 Å². The SMILES string of the molecule is COc1ccc(Nc2nc(Cl)ncc2Cl)c(NS(C)(=O)=O)c1OC. The molecule has 0 fully saturated rings. The summed E-state index contributed by atoms with van der Waals surface area (Å²) in [6.07, 6.45) is 2.34. The molecular formula is C13H14Cl2N4O4S. The van der Waals surface area contributed by atoms with Gasteiger partial charge in [0, 0.05) is 0 Å². The van der Waals surface area contributed by atoms with Crippen LogP contribution in [0.25, 0.3) is 0 Å². The van der Waals surface area contributed by atoms with Crippen molar-refractivity contribution < 1.29 is 17.9 Å². The highest BCUT2D eigenvalue weighted by Crippen LogP contribution is 2.42. The van der Waals surface area contributed by atoms with Crippen LogP contribution in [0.15, 0.2) is 18.3 Å². The Balaban J connectivity index is 2.58. The van der Waals surface area contributed by atoms with Crippen LogP contribution in [0.1, 0.15) is 0 Å². The van der Waals surface area contributed by atoms with Gasteiger partial charge in [-0.2, -0.15) is 4.98 Å².